The summed E-state index contributed by atoms with van der Waals surface area (Å²) in [7, 11) is 0. The molecule has 96 valence electrons. The van der Waals surface area contributed by atoms with E-state index in [1.165, 1.54) is 18.6 Å². The molecule has 1 aromatic rings. The number of halogens is 2. The normalized spacial score (nSPS) is 30.7. The predicted octanol–water partition coefficient (Wildman–Crippen LogP) is 3.98. The molecule has 3 rings (SSSR count). The monoisotopic (exact) mass is 249 g/mol. The van der Waals surface area contributed by atoms with Gasteiger partial charge in [-0.25, -0.2) is 8.78 Å². The fourth-order valence-electron chi connectivity index (χ4n) is 3.36. The molecule has 0 spiro atoms. The summed E-state index contributed by atoms with van der Waals surface area (Å²) in [4.78, 5) is 0. The summed E-state index contributed by atoms with van der Waals surface area (Å²) < 4.78 is 26.7. The Morgan fingerprint density at radius 1 is 1.22 bits per heavy atom. The van der Waals surface area contributed by atoms with Gasteiger partial charge in [0, 0.05) is 6.04 Å². The zero-order valence-corrected chi connectivity index (χ0v) is 10.4. The first-order valence-corrected chi connectivity index (χ1v) is 6.53. The van der Waals surface area contributed by atoms with Crippen LogP contribution in [0.1, 0.15) is 19.8 Å². The van der Waals surface area contributed by atoms with Crippen molar-refractivity contribution in [3.8, 4) is 0 Å². The van der Waals surface area contributed by atoms with Gasteiger partial charge in [-0.15, -0.1) is 0 Å². The lowest BCUT2D eigenvalue weighted by molar-refractivity contribution is 0.398. The van der Waals surface area contributed by atoms with Crippen molar-refractivity contribution in [1.82, 2.24) is 0 Å². The number of fused-ring (bicyclic) bond motifs is 2. The van der Waals surface area contributed by atoms with Gasteiger partial charge in [0.25, 0.3) is 0 Å². The summed E-state index contributed by atoms with van der Waals surface area (Å²) in [6.45, 7) is 2.06. The molecule has 0 aromatic heterocycles. The van der Waals surface area contributed by atoms with Gasteiger partial charge in [-0.05, 0) is 55.7 Å². The third kappa shape index (κ3) is 2.02. The standard InChI is InChI=1S/C15H17F2N/c1-9(13-7-10-2-3-11(13)6-10)18-15-8-12(16)4-5-14(15)17/h2-5,8-11,13,18H,6-7H2,1H3. The van der Waals surface area contributed by atoms with Crippen molar-refractivity contribution in [2.75, 3.05) is 5.32 Å². The van der Waals surface area contributed by atoms with E-state index in [-0.39, 0.29) is 17.5 Å². The summed E-state index contributed by atoms with van der Waals surface area (Å²) >= 11 is 0. The molecule has 0 saturated heterocycles. The molecule has 0 amide bonds. The molecular weight excluding hydrogens is 232 g/mol. The third-order valence-corrected chi connectivity index (χ3v) is 4.28. The molecule has 3 heteroatoms. The minimum absolute atomic E-state index is 0.168. The topological polar surface area (TPSA) is 12.0 Å². The molecule has 0 radical (unpaired) electrons. The number of anilines is 1. The van der Waals surface area contributed by atoms with Crippen molar-refractivity contribution in [2.24, 2.45) is 17.8 Å². The Morgan fingerprint density at radius 2 is 2.06 bits per heavy atom. The second-order valence-corrected chi connectivity index (χ2v) is 5.50. The summed E-state index contributed by atoms with van der Waals surface area (Å²) in [6, 6.07) is 3.71. The maximum Gasteiger partial charge on any atom is 0.146 e. The van der Waals surface area contributed by atoms with Crippen LogP contribution in [0.25, 0.3) is 0 Å². The highest BCUT2D eigenvalue weighted by Crippen LogP contribution is 2.45. The van der Waals surface area contributed by atoms with Crippen molar-refractivity contribution in [1.29, 1.82) is 0 Å². The van der Waals surface area contributed by atoms with Crippen molar-refractivity contribution in [3.05, 3.63) is 42.0 Å². The molecule has 1 N–H and O–H groups in total. The van der Waals surface area contributed by atoms with E-state index in [0.717, 1.165) is 12.5 Å². The molecule has 0 heterocycles. The first-order valence-electron chi connectivity index (χ1n) is 6.53. The zero-order valence-electron chi connectivity index (χ0n) is 10.4. The van der Waals surface area contributed by atoms with Crippen LogP contribution in [0.2, 0.25) is 0 Å². The molecule has 2 aliphatic carbocycles. The fourth-order valence-corrected chi connectivity index (χ4v) is 3.36. The van der Waals surface area contributed by atoms with Gasteiger partial charge >= 0.3 is 0 Å². The molecule has 2 aliphatic rings. The minimum atomic E-state index is -0.404. The molecule has 1 saturated carbocycles. The molecule has 1 nitrogen and oxygen atoms in total. The smallest absolute Gasteiger partial charge is 0.146 e. The summed E-state index contributed by atoms with van der Waals surface area (Å²) in [5.41, 5.74) is 0.272. The molecule has 4 atom stereocenters. The number of benzene rings is 1. The fraction of sp³-hybridized carbons (Fsp3) is 0.467. The minimum Gasteiger partial charge on any atom is -0.380 e. The Balaban J connectivity index is 1.72. The molecule has 18 heavy (non-hydrogen) atoms. The Labute approximate surface area is 106 Å². The highest BCUT2D eigenvalue weighted by molar-refractivity contribution is 5.46. The van der Waals surface area contributed by atoms with Crippen LogP contribution >= 0.6 is 0 Å². The van der Waals surface area contributed by atoms with Gasteiger partial charge in [0.2, 0.25) is 0 Å². The van der Waals surface area contributed by atoms with Gasteiger partial charge in [0.1, 0.15) is 11.6 Å². The highest BCUT2D eigenvalue weighted by atomic mass is 19.1. The van der Waals surface area contributed by atoms with Crippen LogP contribution in [0.5, 0.6) is 0 Å². The average Bonchev–Trinajstić information content (AvgIpc) is 2.96. The average molecular weight is 249 g/mol. The van der Waals surface area contributed by atoms with Crippen LogP contribution in [0.3, 0.4) is 0 Å². The van der Waals surface area contributed by atoms with E-state index in [0.29, 0.717) is 17.8 Å². The van der Waals surface area contributed by atoms with Crippen molar-refractivity contribution < 1.29 is 8.78 Å². The van der Waals surface area contributed by atoms with Gasteiger partial charge in [-0.3, -0.25) is 0 Å². The van der Waals surface area contributed by atoms with E-state index >= 15 is 0 Å². The summed E-state index contributed by atoms with van der Waals surface area (Å²) in [5, 5.41) is 3.13. The number of rotatable bonds is 3. The van der Waals surface area contributed by atoms with Gasteiger partial charge in [-0.1, -0.05) is 12.2 Å². The Kier molecular flexibility index (Phi) is 2.84. The Bertz CT molecular complexity index is 483. The number of hydrogen-bond acceptors (Lipinski definition) is 1. The van der Waals surface area contributed by atoms with Crippen LogP contribution in [-0.4, -0.2) is 6.04 Å². The van der Waals surface area contributed by atoms with Gasteiger partial charge in [-0.2, -0.15) is 0 Å². The number of nitrogens with one attached hydrogen (secondary N) is 1. The van der Waals surface area contributed by atoms with Gasteiger partial charge < -0.3 is 5.32 Å². The Morgan fingerprint density at radius 3 is 2.72 bits per heavy atom. The number of hydrogen-bond donors (Lipinski definition) is 1. The van der Waals surface area contributed by atoms with Crippen molar-refractivity contribution in [2.45, 2.75) is 25.8 Å². The second-order valence-electron chi connectivity index (χ2n) is 5.50. The number of allylic oxidation sites excluding steroid dienone is 2. The maximum atomic E-state index is 13.6. The van der Waals surface area contributed by atoms with Gasteiger partial charge in [0.05, 0.1) is 5.69 Å². The van der Waals surface area contributed by atoms with Crippen molar-refractivity contribution in [3.63, 3.8) is 0 Å². The first kappa shape index (κ1) is 11.7. The lowest BCUT2D eigenvalue weighted by Gasteiger charge is -2.27. The zero-order chi connectivity index (χ0) is 12.7. The van der Waals surface area contributed by atoms with E-state index in [2.05, 4.69) is 24.4 Å². The third-order valence-electron chi connectivity index (χ3n) is 4.28. The highest BCUT2D eigenvalue weighted by Gasteiger charge is 2.38. The SMILES string of the molecule is CC(Nc1cc(F)ccc1F)C1CC2C=CC1C2. The molecule has 4 unspecified atom stereocenters. The quantitative estimate of drug-likeness (QED) is 0.799. The largest absolute Gasteiger partial charge is 0.380 e. The van der Waals surface area contributed by atoms with Crippen molar-refractivity contribution >= 4 is 5.69 Å². The molecule has 0 aliphatic heterocycles. The van der Waals surface area contributed by atoms with Crippen LogP contribution in [0.4, 0.5) is 14.5 Å². The second kappa shape index (κ2) is 4.38. The van der Waals surface area contributed by atoms with E-state index < -0.39 is 5.82 Å². The Hall–Kier alpha value is -1.38. The van der Waals surface area contributed by atoms with E-state index in [1.807, 2.05) is 0 Å². The van der Waals surface area contributed by atoms with E-state index in [9.17, 15) is 8.78 Å². The lowest BCUT2D eigenvalue weighted by atomic mass is 9.87. The van der Waals surface area contributed by atoms with Crippen LogP contribution in [0, 0.1) is 29.4 Å². The molecular formula is C15H17F2N. The molecule has 1 aromatic carbocycles. The van der Waals surface area contributed by atoms with Crippen LogP contribution in [-0.2, 0) is 0 Å². The summed E-state index contributed by atoms with van der Waals surface area (Å²) in [6.07, 6.45) is 6.95. The summed E-state index contributed by atoms with van der Waals surface area (Å²) in [5.74, 6) is 1.04. The van der Waals surface area contributed by atoms with Crippen LogP contribution in [0.15, 0.2) is 30.4 Å². The van der Waals surface area contributed by atoms with E-state index in [1.54, 1.807) is 0 Å². The molecule has 2 bridgehead atoms. The molecule has 1 fully saturated rings. The van der Waals surface area contributed by atoms with Crippen LogP contribution < -0.4 is 5.32 Å². The van der Waals surface area contributed by atoms with Gasteiger partial charge in [0.15, 0.2) is 0 Å². The predicted molar refractivity (Wildman–Crippen MR) is 68.3 cm³/mol. The first-order chi connectivity index (χ1) is 8.63. The maximum absolute atomic E-state index is 13.6. The lowest BCUT2D eigenvalue weighted by Crippen LogP contribution is -2.29. The van der Waals surface area contributed by atoms with E-state index in [4.69, 9.17) is 0 Å².